The van der Waals surface area contributed by atoms with Gasteiger partial charge in [-0.25, -0.2) is 9.67 Å². The first-order valence-corrected chi connectivity index (χ1v) is 11.2. The lowest BCUT2D eigenvalue weighted by atomic mass is 9.92. The van der Waals surface area contributed by atoms with E-state index in [0.29, 0.717) is 23.2 Å². The van der Waals surface area contributed by atoms with Crippen LogP contribution in [0.4, 0.5) is 11.5 Å². The quantitative estimate of drug-likeness (QED) is 0.346. The van der Waals surface area contributed by atoms with E-state index in [2.05, 4.69) is 37.1 Å². The average Bonchev–Trinajstić information content (AvgIpc) is 3.19. The zero-order valence-corrected chi connectivity index (χ0v) is 20.0. The number of hydrogen-bond donors (Lipinski definition) is 2. The summed E-state index contributed by atoms with van der Waals surface area (Å²) in [6.45, 7) is 7.02. The SMILES string of the molecule is CC(C)(C)c1cc(Nc2ccc(Oc3cccc(C(N)=O)n3)cc2)n(Cc2ccc(Cl)cc2)n1. The number of carbonyl (C=O) groups is 1. The van der Waals surface area contributed by atoms with Crippen LogP contribution in [0.25, 0.3) is 0 Å². The van der Waals surface area contributed by atoms with Crippen LogP contribution >= 0.6 is 11.6 Å². The molecule has 1 amide bonds. The van der Waals surface area contributed by atoms with Gasteiger partial charge in [-0.15, -0.1) is 0 Å². The number of benzene rings is 2. The van der Waals surface area contributed by atoms with Gasteiger partial charge in [0.15, 0.2) is 0 Å². The molecule has 2 aromatic heterocycles. The van der Waals surface area contributed by atoms with Crippen molar-refractivity contribution in [2.75, 3.05) is 5.32 Å². The first-order chi connectivity index (χ1) is 16.2. The van der Waals surface area contributed by atoms with E-state index in [0.717, 1.165) is 22.8 Å². The Balaban J connectivity index is 1.53. The maximum atomic E-state index is 11.3. The van der Waals surface area contributed by atoms with Crippen LogP contribution < -0.4 is 15.8 Å². The molecule has 0 atom stereocenters. The van der Waals surface area contributed by atoms with Crippen LogP contribution in [0, 0.1) is 0 Å². The highest BCUT2D eigenvalue weighted by Crippen LogP contribution is 2.28. The Morgan fingerprint density at radius 3 is 2.41 bits per heavy atom. The average molecular weight is 476 g/mol. The van der Waals surface area contributed by atoms with Crippen molar-refractivity contribution in [2.45, 2.75) is 32.7 Å². The number of rotatable bonds is 7. The van der Waals surface area contributed by atoms with Gasteiger partial charge < -0.3 is 15.8 Å². The van der Waals surface area contributed by atoms with E-state index in [4.69, 9.17) is 27.2 Å². The Hall–Kier alpha value is -3.84. The summed E-state index contributed by atoms with van der Waals surface area (Å²) in [6.07, 6.45) is 0. The van der Waals surface area contributed by atoms with Crippen LogP contribution in [-0.4, -0.2) is 20.7 Å². The molecule has 174 valence electrons. The number of nitrogens with two attached hydrogens (primary N) is 1. The van der Waals surface area contributed by atoms with Crippen LogP contribution in [0.5, 0.6) is 11.6 Å². The summed E-state index contributed by atoms with van der Waals surface area (Å²) in [5.74, 6) is 1.16. The monoisotopic (exact) mass is 475 g/mol. The smallest absolute Gasteiger partial charge is 0.267 e. The van der Waals surface area contributed by atoms with Crippen molar-refractivity contribution in [3.8, 4) is 11.6 Å². The van der Waals surface area contributed by atoms with Gasteiger partial charge in [-0.2, -0.15) is 5.10 Å². The van der Waals surface area contributed by atoms with Gasteiger partial charge in [0.25, 0.3) is 5.91 Å². The lowest BCUT2D eigenvalue weighted by molar-refractivity contribution is 0.0995. The summed E-state index contributed by atoms with van der Waals surface area (Å²) >= 11 is 6.03. The van der Waals surface area contributed by atoms with E-state index in [1.54, 1.807) is 18.2 Å². The number of hydrogen-bond acceptors (Lipinski definition) is 5. The summed E-state index contributed by atoms with van der Waals surface area (Å²) in [5.41, 5.74) is 8.32. The molecule has 4 aromatic rings. The summed E-state index contributed by atoms with van der Waals surface area (Å²) in [5, 5.41) is 9.00. The minimum absolute atomic E-state index is 0.0914. The molecule has 3 N–H and O–H groups in total. The normalized spacial score (nSPS) is 11.3. The van der Waals surface area contributed by atoms with Gasteiger partial charge in [-0.3, -0.25) is 4.79 Å². The molecule has 0 aliphatic carbocycles. The number of anilines is 2. The highest BCUT2D eigenvalue weighted by atomic mass is 35.5. The summed E-state index contributed by atoms with van der Waals surface area (Å²) in [7, 11) is 0. The second-order valence-electron chi connectivity index (χ2n) is 8.93. The van der Waals surface area contributed by atoms with Crippen LogP contribution in [0.15, 0.2) is 72.8 Å². The zero-order valence-electron chi connectivity index (χ0n) is 19.2. The third-order valence-corrected chi connectivity index (χ3v) is 5.37. The first kappa shape index (κ1) is 23.3. The van der Waals surface area contributed by atoms with Gasteiger partial charge in [0.1, 0.15) is 17.3 Å². The molecule has 0 unspecified atom stereocenters. The standard InChI is InChI=1S/C26H26ClN5O2/c1-26(2,3)22-15-23(32(31-22)16-17-7-9-18(27)10-8-17)29-19-11-13-20(14-12-19)34-24-6-4-5-21(30-24)25(28)33/h4-15,29H,16H2,1-3H3,(H2,28,33). The van der Waals surface area contributed by atoms with Crippen molar-refractivity contribution in [1.82, 2.24) is 14.8 Å². The maximum absolute atomic E-state index is 11.3. The number of nitrogens with one attached hydrogen (secondary N) is 1. The van der Waals surface area contributed by atoms with Gasteiger partial charge in [-0.05, 0) is 48.0 Å². The maximum Gasteiger partial charge on any atom is 0.267 e. The van der Waals surface area contributed by atoms with E-state index < -0.39 is 5.91 Å². The molecule has 7 nitrogen and oxygen atoms in total. The molecule has 34 heavy (non-hydrogen) atoms. The largest absolute Gasteiger partial charge is 0.439 e. The molecule has 0 spiro atoms. The zero-order chi connectivity index (χ0) is 24.3. The summed E-state index contributed by atoms with van der Waals surface area (Å²) < 4.78 is 7.71. The predicted octanol–water partition coefficient (Wildman–Crippen LogP) is 5.91. The summed E-state index contributed by atoms with van der Waals surface area (Å²) in [6, 6.07) is 22.2. The predicted molar refractivity (Wildman–Crippen MR) is 134 cm³/mol. The van der Waals surface area contributed by atoms with Gasteiger partial charge in [0.2, 0.25) is 5.88 Å². The van der Waals surface area contributed by atoms with Crippen molar-refractivity contribution >= 4 is 29.0 Å². The number of pyridine rings is 1. The Morgan fingerprint density at radius 2 is 1.76 bits per heavy atom. The molecule has 0 radical (unpaired) electrons. The fourth-order valence-electron chi connectivity index (χ4n) is 3.25. The number of aromatic nitrogens is 3. The van der Waals surface area contributed by atoms with E-state index in [9.17, 15) is 4.79 Å². The van der Waals surface area contributed by atoms with Crippen molar-refractivity contribution in [3.63, 3.8) is 0 Å². The third-order valence-electron chi connectivity index (χ3n) is 5.12. The number of carbonyl (C=O) groups excluding carboxylic acids is 1. The molecule has 0 fully saturated rings. The Bertz CT molecular complexity index is 1290. The molecule has 2 heterocycles. The first-order valence-electron chi connectivity index (χ1n) is 10.8. The minimum Gasteiger partial charge on any atom is -0.439 e. The molecule has 0 aliphatic heterocycles. The molecule has 8 heteroatoms. The highest BCUT2D eigenvalue weighted by Gasteiger charge is 2.20. The lowest BCUT2D eigenvalue weighted by Gasteiger charge is -2.14. The van der Waals surface area contributed by atoms with Crippen LogP contribution in [0.1, 0.15) is 42.5 Å². The Morgan fingerprint density at radius 1 is 1.06 bits per heavy atom. The van der Waals surface area contributed by atoms with Crippen molar-refractivity contribution in [2.24, 2.45) is 5.73 Å². The van der Waals surface area contributed by atoms with Crippen LogP contribution in [-0.2, 0) is 12.0 Å². The number of amides is 1. The molecule has 4 rings (SSSR count). The van der Waals surface area contributed by atoms with E-state index in [-0.39, 0.29) is 11.1 Å². The topological polar surface area (TPSA) is 95.1 Å². The Kier molecular flexibility index (Phi) is 6.56. The molecule has 2 aromatic carbocycles. The van der Waals surface area contributed by atoms with Crippen molar-refractivity contribution < 1.29 is 9.53 Å². The van der Waals surface area contributed by atoms with Crippen LogP contribution in [0.3, 0.4) is 0 Å². The number of halogens is 1. The van der Waals surface area contributed by atoms with E-state index >= 15 is 0 Å². The number of primary amides is 1. The highest BCUT2D eigenvalue weighted by molar-refractivity contribution is 6.30. The second kappa shape index (κ2) is 9.57. The van der Waals surface area contributed by atoms with Crippen LogP contribution in [0.2, 0.25) is 5.02 Å². The minimum atomic E-state index is -0.602. The molecule has 0 bridgehead atoms. The molecule has 0 aliphatic rings. The number of nitrogens with zero attached hydrogens (tertiary/aromatic N) is 3. The van der Waals surface area contributed by atoms with Gasteiger partial charge in [0.05, 0.1) is 12.2 Å². The second-order valence-corrected chi connectivity index (χ2v) is 9.36. The van der Waals surface area contributed by atoms with Crippen molar-refractivity contribution in [1.29, 1.82) is 0 Å². The van der Waals surface area contributed by atoms with Gasteiger partial charge in [-0.1, -0.05) is 50.6 Å². The van der Waals surface area contributed by atoms with Gasteiger partial charge in [0, 0.05) is 28.3 Å². The fourth-order valence-corrected chi connectivity index (χ4v) is 3.38. The van der Waals surface area contributed by atoms with Gasteiger partial charge >= 0.3 is 0 Å². The summed E-state index contributed by atoms with van der Waals surface area (Å²) in [4.78, 5) is 15.4. The van der Waals surface area contributed by atoms with Crippen molar-refractivity contribution in [3.05, 3.63) is 94.8 Å². The third kappa shape index (κ3) is 5.74. The molecule has 0 saturated heterocycles. The number of ether oxygens (including phenoxy) is 1. The fraction of sp³-hybridized carbons (Fsp3) is 0.192. The van der Waals surface area contributed by atoms with E-state index in [1.165, 1.54) is 0 Å². The molecule has 0 saturated carbocycles. The molecular formula is C26H26ClN5O2. The lowest BCUT2D eigenvalue weighted by Crippen LogP contribution is -2.13. The van der Waals surface area contributed by atoms with E-state index in [1.807, 2.05) is 53.2 Å². The molecular weight excluding hydrogens is 450 g/mol. The Labute approximate surface area is 203 Å².